The molecule has 0 spiro atoms. The molecule has 0 aliphatic heterocycles. The lowest BCUT2D eigenvalue weighted by Gasteiger charge is -2.04. The number of rotatable bonds is 3. The Bertz CT molecular complexity index is 1080. The summed E-state index contributed by atoms with van der Waals surface area (Å²) >= 11 is 1.53. The number of hydrogen-bond donors (Lipinski definition) is 0. The van der Waals surface area contributed by atoms with Gasteiger partial charge in [0.1, 0.15) is 4.83 Å². The zero-order valence-electron chi connectivity index (χ0n) is 13.2. The van der Waals surface area contributed by atoms with Crippen molar-refractivity contribution in [3.63, 3.8) is 0 Å². The van der Waals surface area contributed by atoms with Gasteiger partial charge in [-0.1, -0.05) is 30.3 Å². The minimum atomic E-state index is -0.0874. The molecule has 0 saturated heterocycles. The van der Waals surface area contributed by atoms with Crippen LogP contribution in [0.4, 0.5) is 0 Å². The lowest BCUT2D eigenvalue weighted by Crippen LogP contribution is -2.21. The van der Waals surface area contributed by atoms with Gasteiger partial charge < -0.3 is 0 Å². The molecule has 0 amide bonds. The third kappa shape index (κ3) is 2.41. The van der Waals surface area contributed by atoms with E-state index in [1.807, 2.05) is 37.3 Å². The minimum absolute atomic E-state index is 0.0874. The summed E-state index contributed by atoms with van der Waals surface area (Å²) in [6, 6.07) is 9.92. The number of aryl methyl sites for hydroxylation is 2. The molecule has 0 radical (unpaired) electrons. The van der Waals surface area contributed by atoms with Gasteiger partial charge in [-0.2, -0.15) is 4.80 Å². The van der Waals surface area contributed by atoms with Gasteiger partial charge >= 0.3 is 0 Å². The second-order valence-corrected chi connectivity index (χ2v) is 6.66. The Kier molecular flexibility index (Phi) is 3.46. The van der Waals surface area contributed by atoms with Gasteiger partial charge in [0.05, 0.1) is 25.3 Å². The predicted molar refractivity (Wildman–Crippen MR) is 92.0 cm³/mol. The quantitative estimate of drug-likeness (QED) is 0.571. The first-order valence-electron chi connectivity index (χ1n) is 7.40. The number of benzene rings is 1. The number of fused-ring (bicyclic) bond motifs is 1. The first-order chi connectivity index (χ1) is 11.6. The van der Waals surface area contributed by atoms with Crippen LogP contribution < -0.4 is 5.56 Å². The Labute approximate surface area is 141 Å². The zero-order valence-corrected chi connectivity index (χ0v) is 14.0. The smallest absolute Gasteiger partial charge is 0.263 e. The molecule has 0 atom stereocenters. The maximum absolute atomic E-state index is 13.0. The molecule has 7 nitrogen and oxygen atoms in total. The van der Waals surface area contributed by atoms with Crippen LogP contribution in [0.5, 0.6) is 0 Å². The summed E-state index contributed by atoms with van der Waals surface area (Å²) in [7, 11) is 1.69. The highest BCUT2D eigenvalue weighted by atomic mass is 32.1. The second kappa shape index (κ2) is 5.64. The van der Waals surface area contributed by atoms with Gasteiger partial charge in [-0.15, -0.1) is 21.5 Å². The molecule has 120 valence electrons. The van der Waals surface area contributed by atoms with E-state index in [2.05, 4.69) is 20.4 Å². The van der Waals surface area contributed by atoms with Gasteiger partial charge in [-0.3, -0.25) is 9.36 Å². The molecule has 4 aromatic rings. The summed E-state index contributed by atoms with van der Waals surface area (Å²) in [6.07, 6.45) is 1.55. The van der Waals surface area contributed by atoms with Gasteiger partial charge in [-0.25, -0.2) is 4.98 Å². The summed E-state index contributed by atoms with van der Waals surface area (Å²) in [5.41, 5.74) is 1.89. The van der Waals surface area contributed by atoms with E-state index in [1.54, 1.807) is 13.4 Å². The van der Waals surface area contributed by atoms with Crippen LogP contribution >= 0.6 is 11.3 Å². The van der Waals surface area contributed by atoms with E-state index in [-0.39, 0.29) is 12.1 Å². The standard InChI is InChI=1S/C16H14N6OS/c1-10-13(11-6-4-3-5-7-11)14-15(24-10)17-9-22(16(14)23)8-12-18-20-21(2)19-12/h3-7,9H,8H2,1-2H3. The Morgan fingerprint density at radius 3 is 2.71 bits per heavy atom. The predicted octanol–water partition coefficient (Wildman–Crippen LogP) is 2.01. The van der Waals surface area contributed by atoms with Crippen LogP contribution in [0.3, 0.4) is 0 Å². The van der Waals surface area contributed by atoms with Crippen molar-refractivity contribution >= 4 is 21.6 Å². The molecule has 3 aromatic heterocycles. The van der Waals surface area contributed by atoms with Gasteiger partial charge in [0, 0.05) is 10.4 Å². The van der Waals surface area contributed by atoms with Crippen LogP contribution in [0.25, 0.3) is 21.3 Å². The summed E-state index contributed by atoms with van der Waals surface area (Å²) in [4.78, 5) is 20.6. The van der Waals surface area contributed by atoms with Crippen molar-refractivity contribution in [3.8, 4) is 11.1 Å². The van der Waals surface area contributed by atoms with Gasteiger partial charge in [-0.05, 0) is 17.7 Å². The van der Waals surface area contributed by atoms with Crippen LogP contribution in [-0.4, -0.2) is 29.8 Å². The summed E-state index contributed by atoms with van der Waals surface area (Å²) in [5, 5.41) is 12.5. The van der Waals surface area contributed by atoms with Crippen LogP contribution in [0.1, 0.15) is 10.7 Å². The fourth-order valence-electron chi connectivity index (χ4n) is 2.74. The third-order valence-electron chi connectivity index (χ3n) is 3.78. The molecule has 4 rings (SSSR count). The molecule has 0 bridgehead atoms. The van der Waals surface area contributed by atoms with Gasteiger partial charge in [0.25, 0.3) is 5.56 Å². The monoisotopic (exact) mass is 338 g/mol. The first-order valence-corrected chi connectivity index (χ1v) is 8.22. The average Bonchev–Trinajstić information content (AvgIpc) is 3.14. The SMILES string of the molecule is Cc1sc2ncn(Cc3nnn(C)n3)c(=O)c2c1-c1ccccc1. The van der Waals surface area contributed by atoms with Crippen molar-refractivity contribution < 1.29 is 0 Å². The second-order valence-electron chi connectivity index (χ2n) is 5.45. The molecule has 1 aromatic carbocycles. The lowest BCUT2D eigenvalue weighted by atomic mass is 10.0. The summed E-state index contributed by atoms with van der Waals surface area (Å²) in [5.74, 6) is 0.481. The highest BCUT2D eigenvalue weighted by molar-refractivity contribution is 7.19. The molecule has 0 unspecified atom stereocenters. The Hall–Kier alpha value is -2.87. The topological polar surface area (TPSA) is 78.5 Å². The molecule has 0 aliphatic carbocycles. The van der Waals surface area contributed by atoms with Crippen LogP contribution in [-0.2, 0) is 13.6 Å². The van der Waals surface area contributed by atoms with E-state index >= 15 is 0 Å². The van der Waals surface area contributed by atoms with Crippen LogP contribution in [0.2, 0.25) is 0 Å². The maximum Gasteiger partial charge on any atom is 0.263 e. The lowest BCUT2D eigenvalue weighted by molar-refractivity contribution is 0.623. The van der Waals surface area contributed by atoms with Gasteiger partial charge in [0.2, 0.25) is 0 Å². The van der Waals surface area contributed by atoms with Crippen molar-refractivity contribution in [2.75, 3.05) is 0 Å². The fourth-order valence-corrected chi connectivity index (χ4v) is 3.74. The molecular weight excluding hydrogens is 324 g/mol. The van der Waals surface area contributed by atoms with Crippen molar-refractivity contribution in [3.05, 3.63) is 57.7 Å². The number of hydrogen-bond acceptors (Lipinski definition) is 6. The first kappa shape index (κ1) is 14.7. The highest BCUT2D eigenvalue weighted by Gasteiger charge is 2.17. The highest BCUT2D eigenvalue weighted by Crippen LogP contribution is 2.35. The molecular formula is C16H14N6OS. The van der Waals surface area contributed by atoms with E-state index in [0.717, 1.165) is 20.8 Å². The molecule has 0 saturated carbocycles. The summed E-state index contributed by atoms with van der Waals surface area (Å²) in [6.45, 7) is 2.27. The van der Waals surface area contributed by atoms with E-state index in [1.165, 1.54) is 20.7 Å². The van der Waals surface area contributed by atoms with E-state index < -0.39 is 0 Å². The number of aromatic nitrogens is 6. The summed E-state index contributed by atoms with van der Waals surface area (Å²) < 4.78 is 1.53. The van der Waals surface area contributed by atoms with Crippen molar-refractivity contribution in [2.24, 2.45) is 7.05 Å². The van der Waals surface area contributed by atoms with Crippen LogP contribution in [0, 0.1) is 6.92 Å². The largest absolute Gasteiger partial charge is 0.291 e. The van der Waals surface area contributed by atoms with Crippen molar-refractivity contribution in [2.45, 2.75) is 13.5 Å². The number of thiophene rings is 1. The molecule has 0 aliphatic rings. The molecule has 3 heterocycles. The zero-order chi connectivity index (χ0) is 16.7. The third-order valence-corrected chi connectivity index (χ3v) is 4.79. The van der Waals surface area contributed by atoms with E-state index in [0.29, 0.717) is 11.2 Å². The Morgan fingerprint density at radius 2 is 2.00 bits per heavy atom. The molecule has 0 fully saturated rings. The van der Waals surface area contributed by atoms with Crippen molar-refractivity contribution in [1.29, 1.82) is 0 Å². The Balaban J connectivity index is 1.90. The maximum atomic E-state index is 13.0. The van der Waals surface area contributed by atoms with E-state index in [4.69, 9.17) is 0 Å². The normalized spacial score (nSPS) is 11.2. The molecule has 24 heavy (non-hydrogen) atoms. The molecule has 0 N–H and O–H groups in total. The van der Waals surface area contributed by atoms with Crippen molar-refractivity contribution in [1.82, 2.24) is 29.8 Å². The fraction of sp³-hybridized carbons (Fsp3) is 0.188. The average molecular weight is 338 g/mol. The van der Waals surface area contributed by atoms with E-state index in [9.17, 15) is 4.79 Å². The minimum Gasteiger partial charge on any atom is -0.291 e. The Morgan fingerprint density at radius 1 is 1.21 bits per heavy atom. The van der Waals surface area contributed by atoms with Crippen LogP contribution in [0.15, 0.2) is 41.5 Å². The molecule has 8 heteroatoms. The van der Waals surface area contributed by atoms with Gasteiger partial charge in [0.15, 0.2) is 5.82 Å². The number of nitrogens with zero attached hydrogens (tertiary/aromatic N) is 6. The number of tetrazole rings is 1.